The van der Waals surface area contributed by atoms with Crippen molar-refractivity contribution < 1.29 is 14.1 Å². The van der Waals surface area contributed by atoms with Crippen LogP contribution >= 0.6 is 0 Å². The number of hydrogen-bond donors (Lipinski definition) is 2. The number of benzene rings is 2. The van der Waals surface area contributed by atoms with E-state index >= 15 is 0 Å². The van der Waals surface area contributed by atoms with Gasteiger partial charge in [0.1, 0.15) is 0 Å². The van der Waals surface area contributed by atoms with Crippen LogP contribution in [0.5, 0.6) is 0 Å². The molecule has 0 spiro atoms. The van der Waals surface area contributed by atoms with E-state index < -0.39 is 0 Å². The number of nitrogens with one attached hydrogen (secondary N) is 2. The first-order valence-corrected chi connectivity index (χ1v) is 11.1. The average molecular weight is 441 g/mol. The fourth-order valence-corrected chi connectivity index (χ4v) is 4.34. The van der Waals surface area contributed by atoms with Crippen molar-refractivity contribution in [1.29, 1.82) is 0 Å². The fraction of sp³-hybridized carbons (Fsp3) is 0.231. The smallest absolute Gasteiger partial charge is 0.259 e. The highest BCUT2D eigenvalue weighted by Gasteiger charge is 2.23. The molecule has 0 aliphatic heterocycles. The lowest BCUT2D eigenvalue weighted by molar-refractivity contribution is 0.0938. The van der Waals surface area contributed by atoms with Gasteiger partial charge in [0.25, 0.3) is 17.5 Å². The minimum atomic E-state index is -0.355. The minimum absolute atomic E-state index is 0.177. The van der Waals surface area contributed by atoms with Gasteiger partial charge in [-0.2, -0.15) is 0 Å². The van der Waals surface area contributed by atoms with Gasteiger partial charge in [0, 0.05) is 11.6 Å². The van der Waals surface area contributed by atoms with Crippen LogP contribution in [-0.4, -0.2) is 28.0 Å². The Bertz CT molecular complexity index is 1320. The molecule has 2 aromatic heterocycles. The number of rotatable bonds is 5. The number of pyridine rings is 1. The summed E-state index contributed by atoms with van der Waals surface area (Å²) >= 11 is 0. The predicted molar refractivity (Wildman–Crippen MR) is 126 cm³/mol. The summed E-state index contributed by atoms with van der Waals surface area (Å²) in [6.45, 7) is 1.77. The van der Waals surface area contributed by atoms with Crippen LogP contribution in [0, 0.1) is 6.92 Å². The standard InChI is InChI=1S/C26H24N4O3/c1-16-23-20(15-22(29-26(23)33-30-16)17-9-3-2-4-10-17)25(32)28-21-14-8-7-13-19(21)24(31)27-18-11-5-6-12-18/h2-4,7-10,13-15,18H,5-6,11-12H2,1H3,(H,27,31)(H,28,32). The number of aromatic nitrogens is 2. The lowest BCUT2D eigenvalue weighted by Gasteiger charge is -2.15. The van der Waals surface area contributed by atoms with Crippen molar-refractivity contribution in [3.05, 3.63) is 77.5 Å². The van der Waals surface area contributed by atoms with E-state index in [0.717, 1.165) is 31.2 Å². The molecule has 1 saturated carbocycles. The molecular weight excluding hydrogens is 416 g/mol. The second-order valence-electron chi connectivity index (χ2n) is 8.32. The Balaban J connectivity index is 1.49. The van der Waals surface area contributed by atoms with Gasteiger partial charge in [-0.05, 0) is 38.0 Å². The fourth-order valence-electron chi connectivity index (χ4n) is 4.34. The van der Waals surface area contributed by atoms with Crippen molar-refractivity contribution in [2.75, 3.05) is 5.32 Å². The Kier molecular flexibility index (Phi) is 5.60. The first-order chi connectivity index (χ1) is 16.1. The van der Waals surface area contributed by atoms with Crippen LogP contribution in [0.3, 0.4) is 0 Å². The topological polar surface area (TPSA) is 97.1 Å². The van der Waals surface area contributed by atoms with E-state index in [1.54, 1.807) is 37.3 Å². The first kappa shape index (κ1) is 20.9. The maximum absolute atomic E-state index is 13.4. The second kappa shape index (κ2) is 8.86. The van der Waals surface area contributed by atoms with Crippen LogP contribution in [0.4, 0.5) is 5.69 Å². The molecular formula is C26H24N4O3. The van der Waals surface area contributed by atoms with Crippen molar-refractivity contribution in [3.8, 4) is 11.3 Å². The molecule has 2 aromatic carbocycles. The molecule has 1 aliphatic carbocycles. The van der Waals surface area contributed by atoms with Gasteiger partial charge < -0.3 is 15.2 Å². The highest BCUT2D eigenvalue weighted by Crippen LogP contribution is 2.28. The van der Waals surface area contributed by atoms with Crippen LogP contribution in [0.15, 0.2) is 65.2 Å². The van der Waals surface area contributed by atoms with Crippen LogP contribution in [-0.2, 0) is 0 Å². The molecule has 2 amide bonds. The summed E-state index contributed by atoms with van der Waals surface area (Å²) in [7, 11) is 0. The summed E-state index contributed by atoms with van der Waals surface area (Å²) in [5.74, 6) is -0.532. The van der Waals surface area contributed by atoms with Gasteiger partial charge in [-0.15, -0.1) is 0 Å². The molecule has 5 rings (SSSR count). The maximum Gasteiger partial charge on any atom is 0.259 e. The molecule has 1 aliphatic rings. The Hall–Kier alpha value is -4.00. The first-order valence-electron chi connectivity index (χ1n) is 11.1. The highest BCUT2D eigenvalue weighted by molar-refractivity contribution is 6.15. The van der Waals surface area contributed by atoms with E-state index in [1.807, 2.05) is 30.3 Å². The lowest BCUT2D eigenvalue weighted by atomic mass is 10.0. The number of aryl methyl sites for hydroxylation is 1. The van der Waals surface area contributed by atoms with Gasteiger partial charge in [-0.3, -0.25) is 9.59 Å². The van der Waals surface area contributed by atoms with Gasteiger partial charge in [-0.1, -0.05) is 60.5 Å². The summed E-state index contributed by atoms with van der Waals surface area (Å²) in [6.07, 6.45) is 4.24. The molecule has 7 nitrogen and oxygen atoms in total. The third-order valence-electron chi connectivity index (χ3n) is 6.04. The number of fused-ring (bicyclic) bond motifs is 1. The van der Waals surface area contributed by atoms with Gasteiger partial charge in [0.2, 0.25) is 0 Å². The SMILES string of the molecule is Cc1noc2nc(-c3ccccc3)cc(C(=O)Nc3ccccc3C(=O)NC3CCCC3)c12. The molecule has 2 N–H and O–H groups in total. The molecule has 33 heavy (non-hydrogen) atoms. The van der Waals surface area contributed by atoms with Crippen LogP contribution in [0.2, 0.25) is 0 Å². The maximum atomic E-state index is 13.4. The summed E-state index contributed by atoms with van der Waals surface area (Å²) in [5, 5.41) is 10.6. The van der Waals surface area contributed by atoms with Crippen molar-refractivity contribution >= 4 is 28.6 Å². The summed E-state index contributed by atoms with van der Waals surface area (Å²) < 4.78 is 5.38. The molecule has 1 fully saturated rings. The van der Waals surface area contributed by atoms with Crippen LogP contribution in [0.1, 0.15) is 52.1 Å². The normalized spacial score (nSPS) is 13.8. The van der Waals surface area contributed by atoms with Gasteiger partial charge in [-0.25, -0.2) is 4.98 Å². The van der Waals surface area contributed by atoms with Gasteiger partial charge >= 0.3 is 0 Å². The zero-order valence-corrected chi connectivity index (χ0v) is 18.3. The Morgan fingerprint density at radius 3 is 2.45 bits per heavy atom. The molecule has 0 unspecified atom stereocenters. The Morgan fingerprint density at radius 2 is 1.67 bits per heavy atom. The zero-order valence-electron chi connectivity index (χ0n) is 18.3. The Morgan fingerprint density at radius 1 is 0.939 bits per heavy atom. The molecule has 4 aromatic rings. The summed E-state index contributed by atoms with van der Waals surface area (Å²) in [6, 6.07) is 18.5. The predicted octanol–water partition coefficient (Wildman–Crippen LogP) is 5.12. The van der Waals surface area contributed by atoms with Gasteiger partial charge in [0.05, 0.1) is 33.6 Å². The Labute approximate surface area is 191 Å². The molecule has 2 heterocycles. The van der Waals surface area contributed by atoms with Crippen LogP contribution < -0.4 is 10.6 Å². The van der Waals surface area contributed by atoms with E-state index in [0.29, 0.717) is 39.3 Å². The van der Waals surface area contributed by atoms with E-state index in [1.165, 1.54) is 0 Å². The van der Waals surface area contributed by atoms with Crippen LogP contribution in [0.25, 0.3) is 22.4 Å². The minimum Gasteiger partial charge on any atom is -0.349 e. The zero-order chi connectivity index (χ0) is 22.8. The van der Waals surface area contributed by atoms with E-state index in [9.17, 15) is 9.59 Å². The number of amides is 2. The second-order valence-corrected chi connectivity index (χ2v) is 8.32. The third-order valence-corrected chi connectivity index (χ3v) is 6.04. The number of nitrogens with zero attached hydrogens (tertiary/aromatic N) is 2. The van der Waals surface area contributed by atoms with Crippen molar-refractivity contribution in [2.45, 2.75) is 38.6 Å². The number of carbonyl (C=O) groups is 2. The highest BCUT2D eigenvalue weighted by atomic mass is 16.5. The van der Waals surface area contributed by atoms with E-state index in [4.69, 9.17) is 4.52 Å². The number of hydrogen-bond acceptors (Lipinski definition) is 5. The number of anilines is 1. The van der Waals surface area contributed by atoms with Crippen molar-refractivity contribution in [3.63, 3.8) is 0 Å². The molecule has 0 saturated heterocycles. The number of carbonyl (C=O) groups excluding carboxylic acids is 2. The average Bonchev–Trinajstić information content (AvgIpc) is 3.49. The number of para-hydroxylation sites is 1. The van der Waals surface area contributed by atoms with Gasteiger partial charge in [0.15, 0.2) is 0 Å². The molecule has 0 bridgehead atoms. The molecule has 166 valence electrons. The van der Waals surface area contributed by atoms with Crippen molar-refractivity contribution in [1.82, 2.24) is 15.5 Å². The summed E-state index contributed by atoms with van der Waals surface area (Å²) in [5.41, 5.74) is 3.63. The summed E-state index contributed by atoms with van der Waals surface area (Å²) in [4.78, 5) is 30.9. The van der Waals surface area contributed by atoms with Crippen molar-refractivity contribution in [2.24, 2.45) is 0 Å². The molecule has 0 radical (unpaired) electrons. The molecule has 7 heteroatoms. The monoisotopic (exact) mass is 440 g/mol. The molecule has 0 atom stereocenters. The third kappa shape index (κ3) is 4.22. The lowest BCUT2D eigenvalue weighted by Crippen LogP contribution is -2.33. The van der Waals surface area contributed by atoms with E-state index in [-0.39, 0.29) is 17.9 Å². The van der Waals surface area contributed by atoms with E-state index in [2.05, 4.69) is 20.8 Å². The largest absolute Gasteiger partial charge is 0.349 e. The quantitative estimate of drug-likeness (QED) is 0.449.